The first-order valence-corrected chi connectivity index (χ1v) is 32.5. The van der Waals surface area contributed by atoms with Gasteiger partial charge in [0, 0.05) is 96.4 Å². The van der Waals surface area contributed by atoms with Gasteiger partial charge >= 0.3 is 18.2 Å². The number of nitrogens with two attached hydrogens (primary N) is 1. The summed E-state index contributed by atoms with van der Waals surface area (Å²) in [5.74, 6) is -1.39. The number of primary amides is 1. The molecule has 0 bridgehead atoms. The second-order valence-corrected chi connectivity index (χ2v) is 25.9. The second kappa shape index (κ2) is 36.5. The quantitative estimate of drug-likeness (QED) is 0.0207. The molecule has 0 aliphatic carbocycles. The number of carbonyl (C=O) groups excluding carboxylic acids is 9. The number of allylic oxidation sites excluding steroid dienone is 3. The topological polar surface area (TPSA) is 283 Å². The van der Waals surface area contributed by atoms with E-state index in [2.05, 4.69) is 63.5 Å². The predicted octanol–water partition coefficient (Wildman–Crippen LogP) is 9.04. The third kappa shape index (κ3) is 24.1. The Labute approximate surface area is 528 Å². The number of amides is 7. The molecule has 21 heteroatoms. The summed E-state index contributed by atoms with van der Waals surface area (Å²) in [6, 6.07) is 5.12. The Morgan fingerprint density at radius 1 is 0.876 bits per heavy atom. The Morgan fingerprint density at radius 2 is 1.55 bits per heavy atom. The number of nitrogens with one attached hydrogen (secondary N) is 2. The van der Waals surface area contributed by atoms with Crippen molar-refractivity contribution < 1.29 is 71.9 Å². The van der Waals surface area contributed by atoms with Crippen LogP contribution in [-0.4, -0.2) is 168 Å². The number of likely N-dealkylation sites (N-methyl/N-ethyl adjacent to an activating group) is 1. The van der Waals surface area contributed by atoms with Crippen LogP contribution >= 0.6 is 0 Å². The number of hydrogen-bond donors (Lipinski definition) is 4. The van der Waals surface area contributed by atoms with Gasteiger partial charge in [-0.2, -0.15) is 0 Å². The minimum Gasteiger partial charge on any atom is -0.449 e. The van der Waals surface area contributed by atoms with Crippen molar-refractivity contribution in [1.82, 2.24) is 25.3 Å². The van der Waals surface area contributed by atoms with E-state index in [1.165, 1.54) is 27.5 Å². The fraction of sp³-hybridized carbons (Fsp3) is 0.691. The average molecular weight is 1250 g/mol. The van der Waals surface area contributed by atoms with Gasteiger partial charge in [-0.3, -0.25) is 33.7 Å². The zero-order valence-corrected chi connectivity index (χ0v) is 54.7. The van der Waals surface area contributed by atoms with Crippen LogP contribution in [0, 0.1) is 29.6 Å². The number of aliphatic hydroxyl groups is 1. The summed E-state index contributed by atoms with van der Waals surface area (Å²) in [5.41, 5.74) is 7.52. The Hall–Kier alpha value is -6.29. The summed E-state index contributed by atoms with van der Waals surface area (Å²) >= 11 is 0. The van der Waals surface area contributed by atoms with Gasteiger partial charge in [0.2, 0.25) is 5.91 Å². The maximum atomic E-state index is 13.8. The molecule has 0 spiro atoms. The Morgan fingerprint density at radius 3 is 2.21 bits per heavy atom. The minimum atomic E-state index is -0.908. The van der Waals surface area contributed by atoms with E-state index >= 15 is 0 Å². The number of methoxy groups -OCH3 is 1. The molecule has 89 heavy (non-hydrogen) atoms. The maximum Gasteiger partial charge on any atom is 0.410 e. The number of ketones is 3. The van der Waals surface area contributed by atoms with E-state index in [0.29, 0.717) is 100 Å². The molecule has 12 atom stereocenters. The SMILES string of the molecule is CO[C@H]([C@@H](C)[C@H]1O[C@]1(C)C[C@H](C)/C=C/C=C(\C)[C@H]1O[C@@H](CCC(=O)CCCCCOC(=O)N2CCC(N(C)C(=O)OCc3ccc(CC(=O)[C@H](CCCNC(N)=O)NC(=O)[C@@H](CC(=O)CCCCCN4C(=O)C=CC4=O)C(C)C)cc3)C2)CC[C@@H]1C)[C@@H](C)O. The molecule has 1 aromatic carbocycles. The van der Waals surface area contributed by atoms with Gasteiger partial charge in [0.05, 0.1) is 54.8 Å². The highest BCUT2D eigenvalue weighted by Crippen LogP contribution is 2.47. The molecule has 0 saturated carbocycles. The van der Waals surface area contributed by atoms with Crippen LogP contribution in [0.15, 0.2) is 60.2 Å². The number of nitrogens with zero attached hydrogens (tertiary/aromatic N) is 3. The first-order chi connectivity index (χ1) is 42.3. The van der Waals surface area contributed by atoms with Crippen molar-refractivity contribution in [3.63, 3.8) is 0 Å². The molecule has 1 unspecified atom stereocenters. The summed E-state index contributed by atoms with van der Waals surface area (Å²) in [5, 5.41) is 15.5. The van der Waals surface area contributed by atoms with Crippen molar-refractivity contribution in [2.75, 3.05) is 46.9 Å². The standard InChI is InChI=1S/C68H104N6O15/c1-44(2)56(40-54(77)22-13-11-15-36-74-59(79)32-33-60(74)80)64(81)71-57(23-18-35-70-65(69)82)58(78)39-50-25-27-51(28-26-50)43-87-66(83)72(9)52-34-37-73(42-52)67(84)86-38-16-12-14-21-53(76)29-31-55-30-24-47(5)61(88-55)46(4)20-17-19-45(3)41-68(8)63(89-68)48(6)62(85-10)49(7)75/h17,19-20,25-28,32-33,44-45,47-49,52,55-57,61-63,75H,11-16,18,21-24,29-31,34-43H2,1-10H3,(H,71,81)(H3,69,70,82)/b19-17+,46-20+/t45-,47+,48-,49-,52?,55-,56+,57+,61-,62-,63-,68-/m1/s1. The fourth-order valence-electron chi connectivity index (χ4n) is 12.6. The number of epoxide rings is 1. The van der Waals surface area contributed by atoms with Crippen LogP contribution < -0.4 is 16.4 Å². The summed E-state index contributed by atoms with van der Waals surface area (Å²) in [4.78, 5) is 119. The van der Waals surface area contributed by atoms with Gasteiger partial charge in [0.15, 0.2) is 5.78 Å². The normalized spacial score (nSPS) is 23.0. The monoisotopic (exact) mass is 1240 g/mol. The number of Topliss-reactive ketones (excluding diaryl/α,β-unsaturated/α-hetero) is 3. The number of rotatable bonds is 39. The number of benzene rings is 1. The van der Waals surface area contributed by atoms with Crippen LogP contribution in [0.3, 0.4) is 0 Å². The van der Waals surface area contributed by atoms with Gasteiger partial charge in [-0.15, -0.1) is 0 Å². The smallest absolute Gasteiger partial charge is 0.410 e. The molecule has 496 valence electrons. The third-order valence-corrected chi connectivity index (χ3v) is 18.1. The van der Waals surface area contributed by atoms with Gasteiger partial charge in [-0.05, 0) is 132 Å². The molecule has 3 fully saturated rings. The van der Waals surface area contributed by atoms with E-state index in [4.69, 9.17) is 29.4 Å². The van der Waals surface area contributed by atoms with Crippen molar-refractivity contribution in [2.45, 2.75) is 226 Å². The highest BCUT2D eigenvalue weighted by atomic mass is 16.6. The Bertz CT molecular complexity index is 2600. The van der Waals surface area contributed by atoms with Gasteiger partial charge in [0.1, 0.15) is 18.2 Å². The van der Waals surface area contributed by atoms with E-state index in [1.807, 2.05) is 13.8 Å². The highest BCUT2D eigenvalue weighted by Gasteiger charge is 2.57. The lowest BCUT2D eigenvalue weighted by atomic mass is 9.85. The zero-order chi connectivity index (χ0) is 65.4. The summed E-state index contributed by atoms with van der Waals surface area (Å²) < 4.78 is 29.5. The van der Waals surface area contributed by atoms with Crippen LogP contribution in [0.1, 0.15) is 176 Å². The van der Waals surface area contributed by atoms with E-state index in [9.17, 15) is 48.3 Å². The van der Waals surface area contributed by atoms with Crippen molar-refractivity contribution in [1.29, 1.82) is 0 Å². The molecule has 1 aromatic rings. The maximum absolute atomic E-state index is 13.8. The number of hydrogen-bond acceptors (Lipinski definition) is 15. The summed E-state index contributed by atoms with van der Waals surface area (Å²) in [7, 11) is 3.26. The summed E-state index contributed by atoms with van der Waals surface area (Å²) in [6.07, 6.45) is 16.8. The first kappa shape index (κ1) is 73.4. The number of unbranched alkanes of at least 4 members (excludes halogenated alkanes) is 4. The number of likely N-dealkylation sites (tertiary alicyclic amines) is 1. The first-order valence-electron chi connectivity index (χ1n) is 32.5. The largest absolute Gasteiger partial charge is 0.449 e. The molecule has 21 nitrogen and oxygen atoms in total. The van der Waals surface area contributed by atoms with Gasteiger partial charge in [-0.25, -0.2) is 14.4 Å². The fourth-order valence-corrected chi connectivity index (χ4v) is 12.6. The van der Waals surface area contributed by atoms with E-state index in [0.717, 1.165) is 25.7 Å². The van der Waals surface area contributed by atoms with Crippen LogP contribution in [0.5, 0.6) is 0 Å². The molecule has 5 rings (SSSR count). The van der Waals surface area contributed by atoms with E-state index in [-0.39, 0.29) is 129 Å². The highest BCUT2D eigenvalue weighted by molar-refractivity contribution is 6.12. The molecule has 4 aliphatic rings. The average Bonchev–Trinajstić information content (AvgIpc) is 1.85. The van der Waals surface area contributed by atoms with Crippen molar-refractivity contribution in [3.8, 4) is 0 Å². The van der Waals surface area contributed by atoms with E-state index in [1.54, 1.807) is 50.2 Å². The second-order valence-electron chi connectivity index (χ2n) is 25.9. The molecular weight excluding hydrogens is 1140 g/mol. The van der Waals surface area contributed by atoms with Crippen LogP contribution in [-0.2, 0) is 65.5 Å². The lowest BCUT2D eigenvalue weighted by Gasteiger charge is -2.35. The molecule has 3 saturated heterocycles. The number of ether oxygens (including phenoxy) is 5. The summed E-state index contributed by atoms with van der Waals surface area (Å²) in [6.45, 7) is 17.6. The molecule has 4 heterocycles. The number of carbonyl (C=O) groups is 9. The van der Waals surface area contributed by atoms with Gasteiger partial charge in [0.25, 0.3) is 11.8 Å². The third-order valence-electron chi connectivity index (χ3n) is 18.1. The van der Waals surface area contributed by atoms with Crippen LogP contribution in [0.2, 0.25) is 0 Å². The number of aliphatic hydroxyl groups excluding tert-OH is 1. The Balaban J connectivity index is 0.946. The molecular formula is C68H104N6O15. The van der Waals surface area contributed by atoms with Gasteiger partial charge in [-0.1, -0.05) is 83.5 Å². The predicted molar refractivity (Wildman–Crippen MR) is 337 cm³/mol. The molecule has 5 N–H and O–H groups in total. The van der Waals surface area contributed by atoms with Crippen molar-refractivity contribution in [3.05, 3.63) is 71.3 Å². The van der Waals surface area contributed by atoms with Crippen molar-refractivity contribution >= 4 is 53.3 Å². The van der Waals surface area contributed by atoms with Crippen LogP contribution in [0.4, 0.5) is 14.4 Å². The Kier molecular flexibility index (Phi) is 30.1. The van der Waals surface area contributed by atoms with Crippen molar-refractivity contribution in [2.24, 2.45) is 35.3 Å². The molecule has 7 amide bonds. The van der Waals surface area contributed by atoms with E-state index < -0.39 is 42.2 Å². The molecule has 0 aromatic heterocycles. The lowest BCUT2D eigenvalue weighted by molar-refractivity contribution is -0.137. The van der Waals surface area contributed by atoms with Crippen LogP contribution in [0.25, 0.3) is 0 Å². The molecule has 4 aliphatic heterocycles. The lowest BCUT2D eigenvalue weighted by Crippen LogP contribution is -2.46. The zero-order valence-electron chi connectivity index (χ0n) is 54.7. The number of urea groups is 1. The number of imide groups is 1. The minimum absolute atomic E-state index is 0.000414. The van der Waals surface area contributed by atoms with Gasteiger partial charge < -0.3 is 55.0 Å². The molecule has 0 radical (unpaired) electrons.